The van der Waals surface area contributed by atoms with Gasteiger partial charge in [-0.1, -0.05) is 19.1 Å². The van der Waals surface area contributed by atoms with Crippen molar-refractivity contribution in [3.05, 3.63) is 28.7 Å². The normalized spacial score (nSPS) is 15.3. The average Bonchev–Trinajstić information content (AvgIpc) is 2.26. The minimum atomic E-state index is -3.50. The van der Waals surface area contributed by atoms with E-state index >= 15 is 0 Å². The van der Waals surface area contributed by atoms with Crippen LogP contribution in [0, 0.1) is 5.92 Å². The Hall–Kier alpha value is -0.430. The molecule has 6 heteroatoms. The van der Waals surface area contributed by atoms with Crippen molar-refractivity contribution in [1.82, 2.24) is 4.72 Å². The van der Waals surface area contributed by atoms with Crippen LogP contribution in [0.3, 0.4) is 0 Å². The van der Waals surface area contributed by atoms with Gasteiger partial charge in [-0.25, -0.2) is 13.1 Å². The number of hydrogen-bond acceptors (Lipinski definition) is 3. The minimum Gasteiger partial charge on any atom is -0.393 e. The van der Waals surface area contributed by atoms with Crippen molar-refractivity contribution in [3.8, 4) is 0 Å². The number of sulfonamides is 1. The molecule has 1 aromatic carbocycles. The van der Waals surface area contributed by atoms with Gasteiger partial charge in [0, 0.05) is 11.0 Å². The molecule has 0 aliphatic carbocycles. The fraction of sp³-hybridized carbons (Fsp3) is 0.500. The minimum absolute atomic E-state index is 0.0854. The largest absolute Gasteiger partial charge is 0.393 e. The zero-order chi connectivity index (χ0) is 13.8. The molecule has 2 unspecified atom stereocenters. The Morgan fingerprint density at radius 1 is 1.33 bits per heavy atom. The van der Waals surface area contributed by atoms with Crippen LogP contribution in [0.4, 0.5) is 0 Å². The number of benzene rings is 1. The number of halogens is 1. The van der Waals surface area contributed by atoms with Crippen LogP contribution in [0.2, 0.25) is 0 Å². The van der Waals surface area contributed by atoms with Crippen LogP contribution in [0.15, 0.2) is 33.6 Å². The lowest BCUT2D eigenvalue weighted by Crippen LogP contribution is -2.29. The van der Waals surface area contributed by atoms with Crippen LogP contribution in [0.25, 0.3) is 0 Å². The Morgan fingerprint density at radius 2 is 1.94 bits per heavy atom. The van der Waals surface area contributed by atoms with Gasteiger partial charge in [0.15, 0.2) is 0 Å². The van der Waals surface area contributed by atoms with Gasteiger partial charge >= 0.3 is 0 Å². The van der Waals surface area contributed by atoms with Gasteiger partial charge in [0.1, 0.15) is 0 Å². The van der Waals surface area contributed by atoms with E-state index in [0.29, 0.717) is 17.4 Å². The molecule has 4 nitrogen and oxygen atoms in total. The monoisotopic (exact) mass is 335 g/mol. The maximum Gasteiger partial charge on any atom is 0.241 e. The zero-order valence-corrected chi connectivity index (χ0v) is 12.8. The Balaban J connectivity index is 2.69. The summed E-state index contributed by atoms with van der Waals surface area (Å²) in [4.78, 5) is 0.231. The average molecular weight is 336 g/mol. The van der Waals surface area contributed by atoms with Gasteiger partial charge in [-0.3, -0.25) is 0 Å². The predicted molar refractivity (Wildman–Crippen MR) is 74.8 cm³/mol. The molecular formula is C12H18BrNO3S. The van der Waals surface area contributed by atoms with Crippen LogP contribution < -0.4 is 4.72 Å². The molecule has 1 aromatic rings. The molecule has 0 radical (unpaired) electrons. The van der Waals surface area contributed by atoms with E-state index in [1.165, 1.54) is 0 Å². The standard InChI is InChI=1S/C12H18BrNO3S/c1-9(7-10(2)15)8-14-18(16,17)12-6-4-3-5-11(12)13/h3-6,9-10,14-15H,7-8H2,1-2H3. The van der Waals surface area contributed by atoms with Crippen LogP contribution >= 0.6 is 15.9 Å². The van der Waals surface area contributed by atoms with Gasteiger partial charge < -0.3 is 5.11 Å². The second kappa shape index (κ2) is 6.65. The molecule has 0 fully saturated rings. The fourth-order valence-electron chi connectivity index (χ4n) is 1.66. The zero-order valence-electron chi connectivity index (χ0n) is 10.4. The fourth-order valence-corrected chi connectivity index (χ4v) is 3.82. The van der Waals surface area contributed by atoms with Gasteiger partial charge in [-0.05, 0) is 47.3 Å². The summed E-state index contributed by atoms with van der Waals surface area (Å²) in [5.41, 5.74) is 0. The van der Waals surface area contributed by atoms with Crippen LogP contribution in [-0.4, -0.2) is 26.2 Å². The Labute approximate surface area is 117 Å². The van der Waals surface area contributed by atoms with Gasteiger partial charge in [0.2, 0.25) is 10.0 Å². The maximum absolute atomic E-state index is 12.0. The third-order valence-electron chi connectivity index (χ3n) is 2.49. The van der Waals surface area contributed by atoms with E-state index in [1.807, 2.05) is 6.92 Å². The first-order valence-corrected chi connectivity index (χ1v) is 8.03. The van der Waals surface area contributed by atoms with Crippen molar-refractivity contribution in [2.45, 2.75) is 31.3 Å². The van der Waals surface area contributed by atoms with Crippen molar-refractivity contribution in [1.29, 1.82) is 0 Å². The van der Waals surface area contributed by atoms with Crippen molar-refractivity contribution >= 4 is 26.0 Å². The van der Waals surface area contributed by atoms with E-state index in [-0.39, 0.29) is 10.8 Å². The Bertz CT molecular complexity index is 488. The number of aliphatic hydroxyl groups is 1. The third kappa shape index (κ3) is 4.68. The molecule has 0 saturated carbocycles. The lowest BCUT2D eigenvalue weighted by molar-refractivity contribution is 0.165. The molecule has 0 aromatic heterocycles. The third-order valence-corrected chi connectivity index (χ3v) is 4.93. The predicted octanol–water partition coefficient (Wildman–Crippen LogP) is 2.13. The van der Waals surface area contributed by atoms with Crippen molar-refractivity contribution in [2.75, 3.05) is 6.54 Å². The van der Waals surface area contributed by atoms with Gasteiger partial charge in [0.05, 0.1) is 11.0 Å². The molecule has 2 N–H and O–H groups in total. The quantitative estimate of drug-likeness (QED) is 0.836. The summed E-state index contributed by atoms with van der Waals surface area (Å²) in [5.74, 6) is 0.0854. The highest BCUT2D eigenvalue weighted by Gasteiger charge is 2.18. The summed E-state index contributed by atoms with van der Waals surface area (Å²) in [6.07, 6.45) is 0.145. The van der Waals surface area contributed by atoms with Crippen LogP contribution in [0.5, 0.6) is 0 Å². The smallest absolute Gasteiger partial charge is 0.241 e. The summed E-state index contributed by atoms with van der Waals surface area (Å²) in [7, 11) is -3.50. The van der Waals surface area contributed by atoms with Crippen LogP contribution in [0.1, 0.15) is 20.3 Å². The molecule has 0 aliphatic heterocycles. The first-order valence-electron chi connectivity index (χ1n) is 5.75. The molecule has 1 rings (SSSR count). The molecule has 0 saturated heterocycles. The molecule has 0 bridgehead atoms. The van der Waals surface area contributed by atoms with Crippen molar-refractivity contribution in [2.24, 2.45) is 5.92 Å². The second-order valence-electron chi connectivity index (χ2n) is 4.47. The van der Waals surface area contributed by atoms with Crippen molar-refractivity contribution in [3.63, 3.8) is 0 Å². The highest BCUT2D eigenvalue weighted by molar-refractivity contribution is 9.10. The second-order valence-corrected chi connectivity index (χ2v) is 7.06. The molecular weight excluding hydrogens is 318 g/mol. The number of nitrogens with one attached hydrogen (secondary N) is 1. The number of hydrogen-bond donors (Lipinski definition) is 2. The Kier molecular flexibility index (Phi) is 5.78. The van der Waals surface area contributed by atoms with Gasteiger partial charge in [0.25, 0.3) is 0 Å². The summed E-state index contributed by atoms with van der Waals surface area (Å²) in [6.45, 7) is 3.91. The molecule has 2 atom stereocenters. The number of aliphatic hydroxyl groups excluding tert-OH is 1. The summed E-state index contributed by atoms with van der Waals surface area (Å²) in [5, 5.41) is 9.23. The molecule has 0 heterocycles. The summed E-state index contributed by atoms with van der Waals surface area (Å²) >= 11 is 3.22. The molecule has 18 heavy (non-hydrogen) atoms. The summed E-state index contributed by atoms with van der Waals surface area (Å²) < 4.78 is 27.2. The van der Waals surface area contributed by atoms with Gasteiger partial charge in [-0.15, -0.1) is 0 Å². The SMILES string of the molecule is CC(O)CC(C)CNS(=O)(=O)c1ccccc1Br. The lowest BCUT2D eigenvalue weighted by Gasteiger charge is -2.14. The van der Waals surface area contributed by atoms with E-state index in [0.717, 1.165) is 0 Å². The number of rotatable bonds is 6. The highest BCUT2D eigenvalue weighted by Crippen LogP contribution is 2.21. The van der Waals surface area contributed by atoms with E-state index < -0.39 is 16.1 Å². The van der Waals surface area contributed by atoms with E-state index in [1.54, 1.807) is 31.2 Å². The van der Waals surface area contributed by atoms with Crippen molar-refractivity contribution < 1.29 is 13.5 Å². The highest BCUT2D eigenvalue weighted by atomic mass is 79.9. The maximum atomic E-state index is 12.0. The van der Waals surface area contributed by atoms with E-state index in [2.05, 4.69) is 20.7 Å². The molecule has 0 amide bonds. The Morgan fingerprint density at radius 3 is 2.50 bits per heavy atom. The lowest BCUT2D eigenvalue weighted by atomic mass is 10.1. The van der Waals surface area contributed by atoms with E-state index in [4.69, 9.17) is 0 Å². The first-order chi connectivity index (χ1) is 8.33. The molecule has 0 aliphatic rings. The van der Waals surface area contributed by atoms with Crippen LogP contribution in [-0.2, 0) is 10.0 Å². The molecule has 0 spiro atoms. The topological polar surface area (TPSA) is 66.4 Å². The van der Waals surface area contributed by atoms with Gasteiger partial charge in [-0.2, -0.15) is 0 Å². The summed E-state index contributed by atoms with van der Waals surface area (Å²) in [6, 6.07) is 6.68. The molecule has 102 valence electrons. The van der Waals surface area contributed by atoms with E-state index in [9.17, 15) is 13.5 Å². The first kappa shape index (κ1) is 15.6.